The number of aryl methyl sites for hydroxylation is 1. The van der Waals surface area contributed by atoms with E-state index in [-0.39, 0.29) is 12.3 Å². The van der Waals surface area contributed by atoms with E-state index in [0.29, 0.717) is 23.3 Å². The van der Waals surface area contributed by atoms with Gasteiger partial charge in [0.25, 0.3) is 0 Å². The molecule has 2 heterocycles. The highest BCUT2D eigenvalue weighted by Gasteiger charge is 2.08. The molecule has 7 heteroatoms. The van der Waals surface area contributed by atoms with Crippen LogP contribution in [0.2, 0.25) is 0 Å². The summed E-state index contributed by atoms with van der Waals surface area (Å²) in [7, 11) is 0. The quantitative estimate of drug-likeness (QED) is 0.846. The topological polar surface area (TPSA) is 94.0 Å². The Balaban J connectivity index is 1.81. The highest BCUT2D eigenvalue weighted by Crippen LogP contribution is 2.11. The summed E-state index contributed by atoms with van der Waals surface area (Å²) < 4.78 is 5.38. The van der Waals surface area contributed by atoms with Gasteiger partial charge >= 0.3 is 0 Å². The van der Waals surface area contributed by atoms with Crippen molar-refractivity contribution in [3.05, 3.63) is 28.9 Å². The molecular formula is C11H14N4O2S. The Hall–Kier alpha value is -1.89. The lowest BCUT2D eigenvalue weighted by Gasteiger charge is -2.00. The molecule has 0 aliphatic carbocycles. The number of nitrogens with one attached hydrogen (secondary N) is 1. The second-order valence-corrected chi connectivity index (χ2v) is 4.59. The summed E-state index contributed by atoms with van der Waals surface area (Å²) >= 11 is 1.32. The van der Waals surface area contributed by atoms with Gasteiger partial charge in [0, 0.05) is 11.8 Å². The lowest BCUT2D eigenvalue weighted by atomic mass is 10.3. The number of thiazole rings is 1. The fourth-order valence-electron chi connectivity index (χ4n) is 1.40. The van der Waals surface area contributed by atoms with Crippen LogP contribution in [-0.4, -0.2) is 15.9 Å². The monoisotopic (exact) mass is 266 g/mol. The predicted molar refractivity (Wildman–Crippen MR) is 68.0 cm³/mol. The number of nitrogens with two attached hydrogens (primary N) is 1. The van der Waals surface area contributed by atoms with Crippen LogP contribution < -0.4 is 11.1 Å². The van der Waals surface area contributed by atoms with Gasteiger partial charge in [-0.05, 0) is 0 Å². The third-order valence-electron chi connectivity index (χ3n) is 2.30. The van der Waals surface area contributed by atoms with Crippen LogP contribution in [0.5, 0.6) is 0 Å². The van der Waals surface area contributed by atoms with Gasteiger partial charge in [-0.3, -0.25) is 4.79 Å². The number of carbonyl (C=O) groups is 1. The van der Waals surface area contributed by atoms with Crippen molar-refractivity contribution in [2.24, 2.45) is 0 Å². The van der Waals surface area contributed by atoms with Gasteiger partial charge in [0.1, 0.15) is 5.76 Å². The minimum Gasteiger partial charge on any atom is -0.444 e. The maximum Gasteiger partial charge on any atom is 0.226 e. The number of oxazole rings is 1. The minimum absolute atomic E-state index is 0.128. The molecule has 6 nitrogen and oxygen atoms in total. The number of amides is 1. The number of hydrogen-bond donors (Lipinski definition) is 2. The molecule has 2 aromatic heterocycles. The van der Waals surface area contributed by atoms with Gasteiger partial charge in [-0.25, -0.2) is 9.97 Å². The summed E-state index contributed by atoms with van der Waals surface area (Å²) in [4.78, 5) is 19.7. The molecule has 0 saturated heterocycles. The van der Waals surface area contributed by atoms with Crippen molar-refractivity contribution < 1.29 is 9.21 Å². The Kier molecular flexibility index (Phi) is 3.93. The van der Waals surface area contributed by atoms with E-state index in [1.807, 2.05) is 6.92 Å². The van der Waals surface area contributed by atoms with Gasteiger partial charge in [-0.15, -0.1) is 11.3 Å². The van der Waals surface area contributed by atoms with E-state index in [9.17, 15) is 4.79 Å². The number of aromatic nitrogens is 2. The molecule has 0 aromatic carbocycles. The molecule has 18 heavy (non-hydrogen) atoms. The van der Waals surface area contributed by atoms with Crippen molar-refractivity contribution in [1.82, 2.24) is 15.3 Å². The van der Waals surface area contributed by atoms with E-state index in [2.05, 4.69) is 15.3 Å². The van der Waals surface area contributed by atoms with E-state index in [0.717, 1.165) is 12.2 Å². The first-order valence-corrected chi connectivity index (χ1v) is 6.45. The molecule has 2 aromatic rings. The first-order valence-electron chi connectivity index (χ1n) is 5.57. The number of anilines is 1. The molecule has 0 bridgehead atoms. The van der Waals surface area contributed by atoms with Crippen LogP contribution in [0.25, 0.3) is 0 Å². The Morgan fingerprint density at radius 2 is 2.44 bits per heavy atom. The van der Waals surface area contributed by atoms with E-state index < -0.39 is 0 Å². The Bertz CT molecular complexity index is 535. The average molecular weight is 266 g/mol. The summed E-state index contributed by atoms with van der Waals surface area (Å²) in [6.45, 7) is 2.27. The fourth-order valence-corrected chi connectivity index (χ4v) is 1.96. The van der Waals surface area contributed by atoms with Gasteiger partial charge in [-0.1, -0.05) is 6.92 Å². The third kappa shape index (κ3) is 3.30. The molecule has 0 radical (unpaired) electrons. The zero-order valence-corrected chi connectivity index (χ0v) is 10.8. The Morgan fingerprint density at radius 3 is 3.06 bits per heavy atom. The second kappa shape index (κ2) is 5.63. The van der Waals surface area contributed by atoms with Crippen LogP contribution in [-0.2, 0) is 24.2 Å². The molecule has 0 aliphatic rings. The average Bonchev–Trinajstić information content (AvgIpc) is 2.95. The van der Waals surface area contributed by atoms with Crippen molar-refractivity contribution in [3.63, 3.8) is 0 Å². The van der Waals surface area contributed by atoms with Crippen molar-refractivity contribution in [3.8, 4) is 0 Å². The zero-order valence-electron chi connectivity index (χ0n) is 9.97. The standard InChI is InChI=1S/C11H14N4O2S/c1-2-8-4-14-10(17-8)5-13-9(16)3-7-6-18-11(12)15-7/h4,6H,2-3,5H2,1H3,(H2,12,15)(H,13,16). The Morgan fingerprint density at radius 1 is 1.61 bits per heavy atom. The highest BCUT2D eigenvalue weighted by molar-refractivity contribution is 7.13. The summed E-state index contributed by atoms with van der Waals surface area (Å²) in [6, 6.07) is 0. The van der Waals surface area contributed by atoms with Gasteiger partial charge in [0.15, 0.2) is 5.13 Å². The van der Waals surface area contributed by atoms with Gasteiger partial charge in [-0.2, -0.15) is 0 Å². The van der Waals surface area contributed by atoms with Crippen molar-refractivity contribution >= 4 is 22.4 Å². The van der Waals surface area contributed by atoms with E-state index in [1.54, 1.807) is 11.6 Å². The largest absolute Gasteiger partial charge is 0.444 e. The summed E-state index contributed by atoms with van der Waals surface area (Å²) in [6.07, 6.45) is 2.68. The number of rotatable bonds is 5. The van der Waals surface area contributed by atoms with Crippen molar-refractivity contribution in [1.29, 1.82) is 0 Å². The first kappa shape index (κ1) is 12.6. The molecule has 0 unspecified atom stereocenters. The van der Waals surface area contributed by atoms with Gasteiger partial charge in [0.05, 0.1) is 24.9 Å². The summed E-state index contributed by atoms with van der Waals surface area (Å²) in [5.41, 5.74) is 6.17. The maximum atomic E-state index is 11.6. The van der Waals surface area contributed by atoms with Crippen LogP contribution in [0.4, 0.5) is 5.13 Å². The highest BCUT2D eigenvalue weighted by atomic mass is 32.1. The van der Waals surface area contributed by atoms with E-state index in [1.165, 1.54) is 11.3 Å². The molecule has 0 atom stereocenters. The normalized spacial score (nSPS) is 10.5. The van der Waals surface area contributed by atoms with Crippen LogP contribution in [0.15, 0.2) is 16.0 Å². The lowest BCUT2D eigenvalue weighted by Crippen LogP contribution is -2.24. The van der Waals surface area contributed by atoms with Gasteiger partial charge < -0.3 is 15.5 Å². The second-order valence-electron chi connectivity index (χ2n) is 3.70. The molecule has 1 amide bonds. The van der Waals surface area contributed by atoms with E-state index in [4.69, 9.17) is 10.2 Å². The number of carbonyl (C=O) groups excluding carboxylic acids is 1. The Labute approximate surface area is 108 Å². The van der Waals surface area contributed by atoms with Crippen LogP contribution in [0.1, 0.15) is 24.3 Å². The number of hydrogen-bond acceptors (Lipinski definition) is 6. The van der Waals surface area contributed by atoms with Crippen LogP contribution in [0, 0.1) is 0 Å². The van der Waals surface area contributed by atoms with Crippen LogP contribution in [0.3, 0.4) is 0 Å². The smallest absolute Gasteiger partial charge is 0.226 e. The molecule has 0 spiro atoms. The molecule has 0 fully saturated rings. The molecule has 3 N–H and O–H groups in total. The molecular weight excluding hydrogens is 252 g/mol. The van der Waals surface area contributed by atoms with Crippen molar-refractivity contribution in [2.75, 3.05) is 5.73 Å². The summed E-state index contributed by atoms with van der Waals surface area (Å²) in [5.74, 6) is 1.20. The number of nitrogens with zero attached hydrogens (tertiary/aromatic N) is 2. The molecule has 0 aliphatic heterocycles. The van der Waals surface area contributed by atoms with Crippen LogP contribution >= 0.6 is 11.3 Å². The minimum atomic E-state index is -0.128. The first-order chi connectivity index (χ1) is 8.67. The van der Waals surface area contributed by atoms with Gasteiger partial charge in [0.2, 0.25) is 11.8 Å². The predicted octanol–water partition coefficient (Wildman–Crippen LogP) is 1.13. The molecule has 96 valence electrons. The number of nitrogen functional groups attached to an aromatic ring is 1. The SMILES string of the molecule is CCc1cnc(CNC(=O)Cc2csc(N)n2)o1. The lowest BCUT2D eigenvalue weighted by molar-refractivity contribution is -0.120. The molecule has 2 rings (SSSR count). The van der Waals surface area contributed by atoms with Crippen molar-refractivity contribution in [2.45, 2.75) is 26.3 Å². The van der Waals surface area contributed by atoms with E-state index >= 15 is 0 Å². The summed E-state index contributed by atoms with van der Waals surface area (Å²) in [5, 5.41) is 4.97. The maximum absolute atomic E-state index is 11.6. The third-order valence-corrected chi connectivity index (χ3v) is 3.02. The molecule has 0 saturated carbocycles. The fraction of sp³-hybridized carbons (Fsp3) is 0.364. The zero-order chi connectivity index (χ0) is 13.0.